The first kappa shape index (κ1) is 90.7. The van der Waals surface area contributed by atoms with Crippen molar-refractivity contribution >= 4 is 0 Å². The number of hydrogen-bond acceptors (Lipinski definition) is 0. The van der Waals surface area contributed by atoms with Gasteiger partial charge in [-0.25, -0.2) is 0 Å². The van der Waals surface area contributed by atoms with Gasteiger partial charge in [0.15, 0.2) is 0 Å². The Bertz CT molecular complexity index is 1820. The lowest BCUT2D eigenvalue weighted by atomic mass is 9.87. The van der Waals surface area contributed by atoms with Crippen LogP contribution in [0.4, 0.5) is 0 Å². The average molecular weight is 1320 g/mol. The zero-order chi connectivity index (χ0) is 70.9. The highest BCUT2D eigenvalue weighted by Gasteiger charge is 2.40. The summed E-state index contributed by atoms with van der Waals surface area (Å²) in [7, 11) is 19.4. The van der Waals surface area contributed by atoms with Crippen LogP contribution in [0.3, 0.4) is 0 Å². The highest BCUT2D eigenvalue weighted by Crippen LogP contribution is 2.33. The van der Waals surface area contributed by atoms with E-state index in [2.05, 4.69) is 202 Å². The van der Waals surface area contributed by atoms with E-state index in [-0.39, 0.29) is 0 Å². The molecule has 8 aliphatic rings. The van der Waals surface area contributed by atoms with E-state index < -0.39 is 0 Å². The molecule has 93 heavy (non-hydrogen) atoms. The largest absolute Gasteiger partial charge is 0.326 e. The van der Waals surface area contributed by atoms with Gasteiger partial charge in [-0.2, -0.15) is 0 Å². The van der Waals surface area contributed by atoms with Crippen molar-refractivity contribution < 1.29 is 35.9 Å². The van der Waals surface area contributed by atoms with Crippen LogP contribution < -0.4 is 0 Å². The first-order valence-electron chi connectivity index (χ1n) is 42.1. The number of quaternary nitrogens is 8. The summed E-state index contributed by atoms with van der Waals surface area (Å²) in [5, 5.41) is 0. The molecule has 0 N–H and O–H groups in total. The number of nitrogens with zero attached hydrogens (tertiary/aromatic N) is 8. The maximum Gasteiger partial charge on any atom is 0.0885 e. The van der Waals surface area contributed by atoms with Crippen LogP contribution in [0.15, 0.2) is 0 Å². The van der Waals surface area contributed by atoms with Crippen LogP contribution in [0.5, 0.6) is 0 Å². The fourth-order valence-corrected chi connectivity index (χ4v) is 20.4. The lowest BCUT2D eigenvalue weighted by Crippen LogP contribution is -2.59. The van der Waals surface area contributed by atoms with Gasteiger partial charge in [0.25, 0.3) is 0 Å². The predicted molar refractivity (Wildman–Crippen MR) is 419 cm³/mol. The summed E-state index contributed by atoms with van der Waals surface area (Å²) in [5.41, 5.74) is 0. The van der Waals surface area contributed by atoms with Gasteiger partial charge in [0.1, 0.15) is 0 Å². The molecule has 0 aromatic heterocycles. The Morgan fingerprint density at radius 2 is 0.645 bits per heavy atom. The van der Waals surface area contributed by atoms with Crippen molar-refractivity contribution in [1.82, 2.24) is 0 Å². The predicted octanol–water partition coefficient (Wildman–Crippen LogP) is 20.1. The minimum Gasteiger partial charge on any atom is -0.326 e. The van der Waals surface area contributed by atoms with E-state index >= 15 is 0 Å². The minimum atomic E-state index is 0.874. The molecular formula is C85H186N8+8. The van der Waals surface area contributed by atoms with Crippen LogP contribution in [0.1, 0.15) is 299 Å². The summed E-state index contributed by atoms with van der Waals surface area (Å²) >= 11 is 0. The van der Waals surface area contributed by atoms with Gasteiger partial charge in [0.2, 0.25) is 0 Å². The second-order valence-electron chi connectivity index (χ2n) is 37.8. The molecule has 8 aliphatic heterocycles. The van der Waals surface area contributed by atoms with E-state index in [1.807, 2.05) is 0 Å². The Labute approximate surface area is 590 Å². The third-order valence-electron chi connectivity index (χ3n) is 27.5. The van der Waals surface area contributed by atoms with E-state index in [1.54, 1.807) is 0 Å². The number of rotatable bonds is 16. The van der Waals surface area contributed by atoms with Crippen molar-refractivity contribution in [3.05, 3.63) is 0 Å². The monoisotopic (exact) mass is 1320 g/mol. The molecular weight excluding hydrogens is 1130 g/mol. The van der Waals surface area contributed by atoms with Crippen molar-refractivity contribution in [3.8, 4) is 0 Å². The minimum absolute atomic E-state index is 0.874. The van der Waals surface area contributed by atoms with Crippen LogP contribution in [-0.4, -0.2) is 247 Å². The molecule has 8 saturated heterocycles. The normalized spacial score (nSPS) is 41.6. The molecule has 0 spiro atoms. The molecule has 8 heterocycles. The molecule has 0 saturated carbocycles. The summed E-state index contributed by atoms with van der Waals surface area (Å²) in [4.78, 5) is 0. The topological polar surface area (TPSA) is 0 Å². The zero-order valence-electron chi connectivity index (χ0n) is 70.5. The van der Waals surface area contributed by atoms with Gasteiger partial charge in [0, 0.05) is 36.0 Å². The van der Waals surface area contributed by atoms with E-state index in [9.17, 15) is 0 Å². The summed E-state index contributed by atoms with van der Waals surface area (Å²) in [6.45, 7) is 76.1. The first-order valence-corrected chi connectivity index (χ1v) is 42.1. The lowest BCUT2D eigenvalue weighted by molar-refractivity contribution is -0.957. The van der Waals surface area contributed by atoms with Gasteiger partial charge in [0.05, 0.1) is 211 Å². The van der Waals surface area contributed by atoms with Crippen LogP contribution in [0.25, 0.3) is 0 Å². The molecule has 8 heteroatoms. The number of piperidine rings is 8. The molecule has 17 atom stereocenters. The van der Waals surface area contributed by atoms with Crippen LogP contribution in [0.2, 0.25) is 0 Å². The van der Waals surface area contributed by atoms with Gasteiger partial charge >= 0.3 is 0 Å². The van der Waals surface area contributed by atoms with Crippen molar-refractivity contribution in [2.75, 3.05) is 181 Å². The second kappa shape index (κ2) is 44.8. The Morgan fingerprint density at radius 1 is 0.237 bits per heavy atom. The van der Waals surface area contributed by atoms with Crippen LogP contribution in [0, 0.1) is 47.3 Å². The van der Waals surface area contributed by atoms with Crippen molar-refractivity contribution in [2.24, 2.45) is 47.3 Å². The number of likely N-dealkylation sites (tertiary alicyclic amines) is 8. The maximum atomic E-state index is 2.44. The third kappa shape index (κ3) is 32.9. The molecule has 8 fully saturated rings. The fraction of sp³-hybridized carbons (Fsp3) is 1.00. The second-order valence-corrected chi connectivity index (χ2v) is 37.8. The lowest BCUT2D eigenvalue weighted by Gasteiger charge is -2.48. The zero-order valence-corrected chi connectivity index (χ0v) is 70.5. The Hall–Kier alpha value is -0.320. The van der Waals surface area contributed by atoms with Crippen LogP contribution >= 0.6 is 0 Å². The molecule has 0 aliphatic carbocycles. The molecule has 0 aromatic carbocycles. The van der Waals surface area contributed by atoms with Crippen molar-refractivity contribution in [2.45, 2.75) is 330 Å². The summed E-state index contributed by atoms with van der Waals surface area (Å²) in [6.07, 6.45) is 33.7. The Balaban J connectivity index is 0.000000532. The molecule has 558 valence electrons. The highest BCUT2D eigenvalue weighted by atomic mass is 15.4. The standard InChI is InChI=1S/5C11H24N.3C10H22N/c1-5-9-12(4)10(2)7-6-8-11(12)3;1-5-8-12(4)9-6-7-10(2)11(12)3;1-5-7-12(4)8-6-10(2)11(3)9-12;1-5-7-12(4)8-6-10(2)9-11(12)3;1-5-6-12(4)8-10(2)7-11(3)9-12;1-4-7-11(3)8-5-10(2)6-9-11;1-4-8-11(3)9-6-5-7-10(11)2;1-4-7-11(3)8-5-6-10(2)9-11/h5*10-11H,5-9H2,1-4H3;3*10H,4-9H2,1-3H3/q8*+1. The summed E-state index contributed by atoms with van der Waals surface area (Å²) in [6, 6.07) is 4.43. The van der Waals surface area contributed by atoms with Crippen LogP contribution in [-0.2, 0) is 0 Å². The van der Waals surface area contributed by atoms with E-state index in [1.165, 1.54) is 314 Å². The quantitative estimate of drug-likeness (QED) is 0.135. The summed E-state index contributed by atoms with van der Waals surface area (Å²) < 4.78 is 10.6. The van der Waals surface area contributed by atoms with E-state index in [0.717, 1.165) is 77.6 Å². The first-order chi connectivity index (χ1) is 43.4. The smallest absolute Gasteiger partial charge is 0.0885 e. The fourth-order valence-electron chi connectivity index (χ4n) is 20.4. The van der Waals surface area contributed by atoms with Gasteiger partial charge in [-0.15, -0.1) is 0 Å². The number of hydrogen-bond donors (Lipinski definition) is 0. The van der Waals surface area contributed by atoms with E-state index in [0.29, 0.717) is 0 Å². The van der Waals surface area contributed by atoms with Crippen molar-refractivity contribution in [3.63, 3.8) is 0 Å². The van der Waals surface area contributed by atoms with Gasteiger partial charge < -0.3 is 35.9 Å². The van der Waals surface area contributed by atoms with Gasteiger partial charge in [-0.1, -0.05) is 111 Å². The molecule has 17 unspecified atom stereocenters. The Kier molecular flexibility index (Phi) is 43.7. The Morgan fingerprint density at radius 3 is 1.12 bits per heavy atom. The van der Waals surface area contributed by atoms with Gasteiger partial charge in [-0.05, 0) is 200 Å². The molecule has 0 amide bonds. The average Bonchev–Trinajstić information content (AvgIpc) is 0.901. The molecule has 0 aromatic rings. The summed E-state index contributed by atoms with van der Waals surface area (Å²) in [5.74, 6) is 7.58. The third-order valence-corrected chi connectivity index (χ3v) is 27.5. The SMILES string of the molecule is CCC[N+]1(C)C(C)CCCC1C.CCC[N+]1(C)CC(C)CC(C)C1.CCC[N+]1(C)CCC(C)C(C)C1.CCC[N+]1(C)CCC(C)CC1.CCC[N+]1(C)CCC(C)CC1C.CCC[N+]1(C)CCCC(C)C1.CCC[N+]1(C)CCCC(C)C1C.CCC[N+]1(C)CCCCC1C. The van der Waals surface area contributed by atoms with E-state index in [4.69, 9.17) is 0 Å². The van der Waals surface area contributed by atoms with Gasteiger partial charge in [-0.3, -0.25) is 0 Å². The molecule has 8 rings (SSSR count). The molecule has 0 radical (unpaired) electrons. The maximum absolute atomic E-state index is 2.44. The molecule has 8 nitrogen and oxygen atoms in total. The highest BCUT2D eigenvalue weighted by molar-refractivity contribution is 4.71. The van der Waals surface area contributed by atoms with Crippen molar-refractivity contribution in [1.29, 1.82) is 0 Å². The molecule has 0 bridgehead atoms.